The Labute approximate surface area is 131 Å². The van der Waals surface area contributed by atoms with E-state index in [0.717, 1.165) is 18.0 Å². The predicted octanol–water partition coefficient (Wildman–Crippen LogP) is 5.21. The number of hydrogen-bond acceptors (Lipinski definition) is 4. The first-order valence-electron chi connectivity index (χ1n) is 5.11. The van der Waals surface area contributed by atoms with Crippen molar-refractivity contribution in [3.63, 3.8) is 0 Å². The standard InChI is InChI=1S/C12H10Br2N2S2/c1-8-2-4-10(5-3-8)18-16-15-7-9-6-11(13)17-12(9)14/h2-7,16H,1H3/b15-7+. The van der Waals surface area contributed by atoms with Crippen LogP contribution in [0.2, 0.25) is 0 Å². The maximum absolute atomic E-state index is 4.18. The van der Waals surface area contributed by atoms with Crippen LogP contribution in [0.4, 0.5) is 0 Å². The van der Waals surface area contributed by atoms with Crippen molar-refractivity contribution >= 4 is 61.4 Å². The Kier molecular flexibility index (Phi) is 5.29. The first-order chi connectivity index (χ1) is 8.65. The molecular formula is C12H10Br2N2S2. The second-order valence-corrected chi connectivity index (χ2v) is 8.15. The minimum atomic E-state index is 1.06. The number of rotatable bonds is 4. The van der Waals surface area contributed by atoms with Crippen LogP contribution >= 0.6 is 55.1 Å². The Hall–Kier alpha value is -0.300. The molecule has 2 aromatic rings. The molecule has 0 unspecified atom stereocenters. The molecule has 6 heteroatoms. The van der Waals surface area contributed by atoms with Crippen molar-refractivity contribution in [1.29, 1.82) is 0 Å². The van der Waals surface area contributed by atoms with E-state index in [4.69, 9.17) is 0 Å². The van der Waals surface area contributed by atoms with E-state index in [1.165, 1.54) is 17.5 Å². The number of hydrogen-bond donors (Lipinski definition) is 1. The summed E-state index contributed by atoms with van der Waals surface area (Å²) in [6.07, 6.45) is 1.80. The molecule has 0 spiro atoms. The van der Waals surface area contributed by atoms with Gasteiger partial charge in [0.05, 0.1) is 13.8 Å². The molecule has 0 amide bonds. The number of nitrogens with zero attached hydrogens (tertiary/aromatic N) is 1. The zero-order valence-corrected chi connectivity index (χ0v) is 14.3. The van der Waals surface area contributed by atoms with Gasteiger partial charge in [-0.25, -0.2) is 4.83 Å². The topological polar surface area (TPSA) is 24.4 Å². The van der Waals surface area contributed by atoms with E-state index in [-0.39, 0.29) is 0 Å². The third kappa shape index (κ3) is 4.12. The fraction of sp³-hybridized carbons (Fsp3) is 0.0833. The smallest absolute Gasteiger partial charge is 0.0798 e. The van der Waals surface area contributed by atoms with E-state index in [1.54, 1.807) is 17.6 Å². The molecule has 1 N–H and O–H groups in total. The summed E-state index contributed by atoms with van der Waals surface area (Å²) >= 11 is 10.0. The van der Waals surface area contributed by atoms with Crippen molar-refractivity contribution in [1.82, 2.24) is 4.83 Å². The Morgan fingerprint density at radius 3 is 2.61 bits per heavy atom. The second kappa shape index (κ2) is 6.75. The van der Waals surface area contributed by atoms with Crippen molar-refractivity contribution in [2.75, 3.05) is 0 Å². The van der Waals surface area contributed by atoms with Gasteiger partial charge in [-0.3, -0.25) is 0 Å². The maximum Gasteiger partial charge on any atom is 0.0798 e. The summed E-state index contributed by atoms with van der Waals surface area (Å²) in [5, 5.41) is 4.18. The quantitative estimate of drug-likeness (QED) is 0.428. The van der Waals surface area contributed by atoms with Gasteiger partial charge in [0.15, 0.2) is 0 Å². The third-order valence-corrected chi connectivity index (χ3v) is 5.21. The number of benzene rings is 1. The molecule has 2 nitrogen and oxygen atoms in total. The second-order valence-electron chi connectivity index (χ2n) is 3.54. The lowest BCUT2D eigenvalue weighted by Crippen LogP contribution is -1.93. The van der Waals surface area contributed by atoms with Crippen molar-refractivity contribution < 1.29 is 0 Å². The molecule has 0 aliphatic heterocycles. The molecule has 0 aliphatic rings. The van der Waals surface area contributed by atoms with Gasteiger partial charge in [-0.05, 0) is 57.0 Å². The molecule has 0 saturated heterocycles. The summed E-state index contributed by atoms with van der Waals surface area (Å²) in [6.45, 7) is 2.08. The average molecular weight is 406 g/mol. The van der Waals surface area contributed by atoms with E-state index < -0.39 is 0 Å². The minimum Gasteiger partial charge on any atom is -0.247 e. The van der Waals surface area contributed by atoms with Gasteiger partial charge < -0.3 is 0 Å². The zero-order valence-electron chi connectivity index (χ0n) is 9.48. The van der Waals surface area contributed by atoms with Gasteiger partial charge in [-0.2, -0.15) is 5.10 Å². The molecule has 0 fully saturated rings. The van der Waals surface area contributed by atoms with Gasteiger partial charge in [-0.1, -0.05) is 17.7 Å². The SMILES string of the molecule is Cc1ccc(SN/N=C/c2cc(Br)sc2Br)cc1. The van der Waals surface area contributed by atoms with Crippen LogP contribution in [-0.4, -0.2) is 6.21 Å². The van der Waals surface area contributed by atoms with E-state index in [0.29, 0.717) is 0 Å². The summed E-state index contributed by atoms with van der Waals surface area (Å²) in [6, 6.07) is 10.3. The van der Waals surface area contributed by atoms with E-state index in [9.17, 15) is 0 Å². The molecule has 18 heavy (non-hydrogen) atoms. The lowest BCUT2D eigenvalue weighted by Gasteiger charge is -1.99. The summed E-state index contributed by atoms with van der Waals surface area (Å²) in [4.78, 5) is 4.10. The summed E-state index contributed by atoms with van der Waals surface area (Å²) in [7, 11) is 0. The lowest BCUT2D eigenvalue weighted by molar-refractivity contribution is 1.12. The lowest BCUT2D eigenvalue weighted by atomic mass is 10.2. The molecule has 0 radical (unpaired) electrons. The van der Waals surface area contributed by atoms with E-state index >= 15 is 0 Å². The minimum absolute atomic E-state index is 1.06. The molecular weight excluding hydrogens is 396 g/mol. The average Bonchev–Trinajstić information content (AvgIpc) is 2.66. The van der Waals surface area contributed by atoms with Crippen LogP contribution in [0.15, 0.2) is 47.9 Å². The highest BCUT2D eigenvalue weighted by Gasteiger charge is 2.01. The Bertz CT molecular complexity index is 550. The van der Waals surface area contributed by atoms with Crippen LogP contribution in [0, 0.1) is 6.92 Å². The molecule has 1 aromatic carbocycles. The number of aryl methyl sites for hydroxylation is 1. The van der Waals surface area contributed by atoms with E-state index in [2.05, 4.69) is 73.0 Å². The van der Waals surface area contributed by atoms with Crippen molar-refractivity contribution in [2.45, 2.75) is 11.8 Å². The largest absolute Gasteiger partial charge is 0.247 e. The van der Waals surface area contributed by atoms with Gasteiger partial charge >= 0.3 is 0 Å². The molecule has 1 aromatic heterocycles. The first kappa shape index (κ1) is 14.1. The molecule has 94 valence electrons. The van der Waals surface area contributed by atoms with Crippen LogP contribution in [-0.2, 0) is 0 Å². The third-order valence-electron chi connectivity index (χ3n) is 2.12. The highest BCUT2D eigenvalue weighted by molar-refractivity contribution is 9.12. The Morgan fingerprint density at radius 2 is 2.00 bits per heavy atom. The molecule has 0 saturated carbocycles. The van der Waals surface area contributed by atoms with Gasteiger partial charge in [-0.15, -0.1) is 11.3 Å². The number of nitrogens with one attached hydrogen (secondary N) is 1. The van der Waals surface area contributed by atoms with Crippen molar-refractivity contribution in [3.8, 4) is 0 Å². The van der Waals surface area contributed by atoms with Gasteiger partial charge in [0.2, 0.25) is 0 Å². The Balaban J connectivity index is 1.88. The van der Waals surface area contributed by atoms with Crippen molar-refractivity contribution in [3.05, 3.63) is 49.0 Å². The van der Waals surface area contributed by atoms with Gasteiger partial charge in [0.1, 0.15) is 0 Å². The maximum atomic E-state index is 4.18. The molecule has 0 aliphatic carbocycles. The normalized spacial score (nSPS) is 11.1. The number of hydrazone groups is 1. The van der Waals surface area contributed by atoms with Crippen LogP contribution in [0.1, 0.15) is 11.1 Å². The first-order valence-corrected chi connectivity index (χ1v) is 8.33. The van der Waals surface area contributed by atoms with Crippen LogP contribution in [0.25, 0.3) is 0 Å². The highest BCUT2D eigenvalue weighted by atomic mass is 79.9. The Morgan fingerprint density at radius 1 is 1.28 bits per heavy atom. The fourth-order valence-electron chi connectivity index (χ4n) is 1.22. The van der Waals surface area contributed by atoms with Crippen LogP contribution in [0.5, 0.6) is 0 Å². The summed E-state index contributed by atoms with van der Waals surface area (Å²) in [5.74, 6) is 0. The molecule has 2 rings (SSSR count). The van der Waals surface area contributed by atoms with Crippen LogP contribution in [0.3, 0.4) is 0 Å². The van der Waals surface area contributed by atoms with Gasteiger partial charge in [0, 0.05) is 22.4 Å². The summed E-state index contributed by atoms with van der Waals surface area (Å²) in [5.41, 5.74) is 2.32. The molecule has 0 atom stereocenters. The molecule has 1 heterocycles. The van der Waals surface area contributed by atoms with Gasteiger partial charge in [0.25, 0.3) is 0 Å². The monoisotopic (exact) mass is 404 g/mol. The number of halogens is 2. The predicted molar refractivity (Wildman–Crippen MR) is 87.5 cm³/mol. The van der Waals surface area contributed by atoms with Crippen molar-refractivity contribution in [2.24, 2.45) is 5.10 Å². The fourth-order valence-corrected chi connectivity index (χ4v) is 4.42. The van der Waals surface area contributed by atoms with Crippen LogP contribution < -0.4 is 4.83 Å². The zero-order chi connectivity index (χ0) is 13.0. The molecule has 0 bridgehead atoms. The summed E-state index contributed by atoms with van der Waals surface area (Å²) < 4.78 is 2.15. The number of thiophene rings is 1. The van der Waals surface area contributed by atoms with E-state index in [1.807, 2.05) is 6.07 Å². The highest BCUT2D eigenvalue weighted by Crippen LogP contribution is 2.30.